The van der Waals surface area contributed by atoms with Crippen LogP contribution in [-0.4, -0.2) is 256 Å². The molecule has 12 amide bonds. The van der Waals surface area contributed by atoms with Crippen LogP contribution in [0.15, 0.2) is 0 Å². The van der Waals surface area contributed by atoms with Gasteiger partial charge in [-0.3, -0.25) is 57.5 Å². The van der Waals surface area contributed by atoms with Crippen LogP contribution < -0.4 is 21.3 Å². The zero-order valence-electron chi connectivity index (χ0n) is 60.3. The van der Waals surface area contributed by atoms with E-state index < -0.39 is 150 Å². The average Bonchev–Trinajstić information content (AvgIpc) is 0.793. The molecule has 5 fully saturated rings. The van der Waals surface area contributed by atoms with E-state index in [0.717, 1.165) is 49.8 Å². The summed E-state index contributed by atoms with van der Waals surface area (Å²) in [7, 11) is 10.3. The summed E-state index contributed by atoms with van der Waals surface area (Å²) in [6.45, 7) is 16.0. The Balaban J connectivity index is 1.61. The first-order chi connectivity index (χ1) is 45.1. The van der Waals surface area contributed by atoms with Crippen molar-refractivity contribution in [2.75, 3.05) is 75.6 Å². The number of amides is 12. The van der Waals surface area contributed by atoms with E-state index in [0.29, 0.717) is 49.1 Å². The van der Waals surface area contributed by atoms with Crippen LogP contribution in [0.4, 0.5) is 0 Å². The SMILES string of the molecule is C#CC[C@@H]1NC(=O)[C@H](CC2CCCC(I)C2)NC(=O)CN(C)C(=O)[C@H](CC2CCC(OC)CC2)N(C)C(=O)[C@@H]2CCN2C(=O)[C@H](C)N(C)C(=O)[C@H]([C@@H](C)CC)NC(=O)[C@H](CC(C)C)N(C)C(=O)C[C@@H](C(=O)N2CCCCC2)N(C)C(=O)[C@H](CC(C)C)NC(=O)C(C)(C)N(C)C1=O. The molecule has 96 heavy (non-hydrogen) atoms. The third kappa shape index (κ3) is 21.0. The van der Waals surface area contributed by atoms with E-state index in [1.54, 1.807) is 25.9 Å². The number of halogens is 1. The lowest BCUT2D eigenvalue weighted by atomic mass is 9.82. The third-order valence-corrected chi connectivity index (χ3v) is 22.2. The molecule has 5 aliphatic rings. The van der Waals surface area contributed by atoms with Crippen molar-refractivity contribution < 1.29 is 62.3 Å². The molecule has 540 valence electrons. The van der Waals surface area contributed by atoms with Crippen molar-refractivity contribution in [2.45, 2.75) is 254 Å². The topological polar surface area (TPSA) is 288 Å². The van der Waals surface area contributed by atoms with Gasteiger partial charge in [0.05, 0.1) is 19.1 Å². The summed E-state index contributed by atoms with van der Waals surface area (Å²) in [4.78, 5) is 189. The van der Waals surface area contributed by atoms with Crippen LogP contribution in [0, 0.1) is 41.9 Å². The van der Waals surface area contributed by atoms with Gasteiger partial charge in [0.15, 0.2) is 0 Å². The standard InChI is InChI=1S/C70H115IN12O13/c1-18-24-50-64(90)81(16)70(9,10)69(95)74-52(35-42(3)4)63(89)79(14)56(67(93)82-32-21-20-22-33-82)40-58(85)78(13)54(36-43(5)6)61(87)75-59(44(7)19-2)68(94)77(12)45(8)62(88)83-34-31-53(83)66(92)80(15)55(39-46-27-29-49(96-17)30-28-46)65(91)76(11)41-57(84)72-51(60(86)73-50)38-47-25-23-26-48(71)37-47/h1,42-56,59H,19-41H2,2-17H3,(H,72,84)(H,73,86)(H,74,95)(H,75,87)/t44-,45-,46?,47?,48?,49?,50-,51-,52-,53-,54-,55-,56-,59-/m0/s1. The highest BCUT2D eigenvalue weighted by Gasteiger charge is 2.48. The van der Waals surface area contributed by atoms with Crippen molar-refractivity contribution in [3.63, 3.8) is 0 Å². The van der Waals surface area contributed by atoms with Crippen molar-refractivity contribution >= 4 is 93.5 Å². The summed E-state index contributed by atoms with van der Waals surface area (Å²) in [6.07, 6.45) is 15.0. The van der Waals surface area contributed by atoms with E-state index in [9.17, 15) is 52.7 Å². The van der Waals surface area contributed by atoms with Gasteiger partial charge in [-0.1, -0.05) is 83.4 Å². The maximum atomic E-state index is 15.1. The van der Waals surface area contributed by atoms with E-state index in [2.05, 4.69) is 49.8 Å². The van der Waals surface area contributed by atoms with E-state index in [1.165, 1.54) is 85.5 Å². The number of carbonyl (C=O) groups excluding carboxylic acids is 12. The Kier molecular flexibility index (Phi) is 30.8. The van der Waals surface area contributed by atoms with Crippen LogP contribution in [0.2, 0.25) is 0 Å². The number of alkyl halides is 1. The van der Waals surface area contributed by atoms with Gasteiger partial charge in [0.1, 0.15) is 59.9 Å². The molecule has 0 spiro atoms. The lowest BCUT2D eigenvalue weighted by molar-refractivity contribution is -0.160. The smallest absolute Gasteiger partial charge is 0.246 e. The van der Waals surface area contributed by atoms with Gasteiger partial charge in [0.2, 0.25) is 70.9 Å². The fourth-order valence-electron chi connectivity index (χ4n) is 13.9. The largest absolute Gasteiger partial charge is 0.381 e. The molecule has 3 heterocycles. The Morgan fingerprint density at radius 2 is 1.27 bits per heavy atom. The summed E-state index contributed by atoms with van der Waals surface area (Å²) in [6, 6.07) is -10.9. The van der Waals surface area contributed by atoms with E-state index >= 15 is 4.79 Å². The van der Waals surface area contributed by atoms with Crippen LogP contribution in [0.25, 0.3) is 0 Å². The highest BCUT2D eigenvalue weighted by Crippen LogP contribution is 2.34. The van der Waals surface area contributed by atoms with Gasteiger partial charge >= 0.3 is 0 Å². The van der Waals surface area contributed by atoms with Gasteiger partial charge in [-0.05, 0) is 140 Å². The van der Waals surface area contributed by atoms with Crippen LogP contribution >= 0.6 is 22.6 Å². The van der Waals surface area contributed by atoms with Gasteiger partial charge in [0.25, 0.3) is 0 Å². The van der Waals surface area contributed by atoms with Crippen LogP contribution in [0.5, 0.6) is 0 Å². The second kappa shape index (κ2) is 36.6. The number of ether oxygens (including phenoxy) is 1. The zero-order chi connectivity index (χ0) is 71.8. The summed E-state index contributed by atoms with van der Waals surface area (Å²) >= 11 is 2.39. The number of hydrogen-bond acceptors (Lipinski definition) is 13. The fraction of sp³-hybridized carbons (Fsp3) is 0.800. The van der Waals surface area contributed by atoms with Crippen molar-refractivity contribution in [1.82, 2.24) is 60.5 Å². The predicted octanol–water partition coefficient (Wildman–Crippen LogP) is 4.11. The Labute approximate surface area is 584 Å². The molecule has 26 heteroatoms. The number of rotatable bonds is 13. The maximum absolute atomic E-state index is 15.1. The second-order valence-electron chi connectivity index (χ2n) is 29.4. The highest BCUT2D eigenvalue weighted by atomic mass is 127. The van der Waals surface area contributed by atoms with Gasteiger partial charge in [-0.2, -0.15) is 0 Å². The molecule has 0 bridgehead atoms. The molecule has 2 unspecified atom stereocenters. The van der Waals surface area contributed by atoms with Crippen LogP contribution in [0.1, 0.15) is 184 Å². The first-order valence-electron chi connectivity index (χ1n) is 35.1. The number of methoxy groups -OCH3 is 1. The Bertz CT molecular complexity index is 2800. The molecular formula is C70H115IN12O13. The molecule has 2 aliphatic carbocycles. The lowest BCUT2D eigenvalue weighted by Gasteiger charge is -2.45. The minimum atomic E-state index is -1.73. The van der Waals surface area contributed by atoms with E-state index in [-0.39, 0.29) is 74.8 Å². The number of hydrogen-bond donors (Lipinski definition) is 4. The third-order valence-electron chi connectivity index (χ3n) is 21.1. The lowest BCUT2D eigenvalue weighted by Crippen LogP contribution is -2.65. The van der Waals surface area contributed by atoms with Crippen molar-refractivity contribution in [3.05, 3.63) is 0 Å². The molecule has 2 saturated carbocycles. The summed E-state index contributed by atoms with van der Waals surface area (Å²) in [5.74, 6) is -5.94. The van der Waals surface area contributed by atoms with Gasteiger partial charge < -0.3 is 65.2 Å². The number of nitrogens with zero attached hydrogens (tertiary/aromatic N) is 8. The summed E-state index contributed by atoms with van der Waals surface area (Å²) < 4.78 is 5.97. The van der Waals surface area contributed by atoms with E-state index in [4.69, 9.17) is 11.2 Å². The molecule has 0 aromatic heterocycles. The molecule has 0 radical (unpaired) electrons. The number of nitrogens with one attached hydrogen (secondary N) is 4. The molecule has 3 saturated heterocycles. The van der Waals surface area contributed by atoms with Crippen LogP contribution in [0.3, 0.4) is 0 Å². The maximum Gasteiger partial charge on any atom is 0.246 e. The first kappa shape index (κ1) is 80.6. The average molecular weight is 1460 g/mol. The number of terminal acetylenes is 1. The minimum absolute atomic E-state index is 0.0000112. The monoisotopic (exact) mass is 1460 g/mol. The Hall–Kier alpha value is -6.11. The Morgan fingerprint density at radius 1 is 0.635 bits per heavy atom. The molecule has 0 aromatic carbocycles. The van der Waals surface area contributed by atoms with Gasteiger partial charge in [-0.25, -0.2) is 0 Å². The fourth-order valence-corrected chi connectivity index (χ4v) is 15.1. The Morgan fingerprint density at radius 3 is 1.83 bits per heavy atom. The second-order valence-corrected chi connectivity index (χ2v) is 31.1. The number of fused-ring (bicyclic) bond motifs is 1. The zero-order valence-corrected chi connectivity index (χ0v) is 62.5. The molecule has 5 rings (SSSR count). The van der Waals surface area contributed by atoms with Gasteiger partial charge in [-0.15, -0.1) is 12.3 Å². The highest BCUT2D eigenvalue weighted by molar-refractivity contribution is 14.1. The normalized spacial score (nSPS) is 30.7. The number of carbonyl (C=O) groups is 12. The minimum Gasteiger partial charge on any atom is -0.381 e. The quantitative estimate of drug-likeness (QED) is 0.115. The molecule has 12 atom stereocenters. The molecule has 0 aromatic rings. The predicted molar refractivity (Wildman–Crippen MR) is 373 cm³/mol. The summed E-state index contributed by atoms with van der Waals surface area (Å²) in [5, 5.41) is 11.5. The number of piperidine rings is 1. The van der Waals surface area contributed by atoms with E-state index in [1.807, 2.05) is 34.6 Å². The first-order valence-corrected chi connectivity index (χ1v) is 36.3. The number of likely N-dealkylation sites (N-methyl/N-ethyl adjacent to an activating group) is 6. The number of likely N-dealkylation sites (tertiary alicyclic amines) is 1. The van der Waals surface area contributed by atoms with Gasteiger partial charge in [0, 0.05) is 79.4 Å². The van der Waals surface area contributed by atoms with Crippen molar-refractivity contribution in [2.24, 2.45) is 29.6 Å². The van der Waals surface area contributed by atoms with Crippen LogP contribution in [-0.2, 0) is 62.3 Å². The summed E-state index contributed by atoms with van der Waals surface area (Å²) in [5.41, 5.74) is -1.73. The molecule has 4 N–H and O–H groups in total. The molecular weight excluding hydrogens is 1340 g/mol. The van der Waals surface area contributed by atoms with Crippen molar-refractivity contribution in [1.29, 1.82) is 0 Å². The molecule has 25 nitrogen and oxygen atoms in total. The van der Waals surface area contributed by atoms with Crippen molar-refractivity contribution in [3.8, 4) is 12.3 Å². The molecule has 3 aliphatic heterocycles.